The minimum absolute atomic E-state index is 0.129. The molecule has 1 aromatic carbocycles. The Morgan fingerprint density at radius 2 is 1.93 bits per heavy atom. The Morgan fingerprint density at radius 1 is 1.13 bits per heavy atom. The van der Waals surface area contributed by atoms with Gasteiger partial charge in [-0.1, -0.05) is 30.3 Å². The third-order valence-corrected chi connectivity index (χ3v) is 5.36. The third-order valence-electron chi connectivity index (χ3n) is 5.36. The molecule has 3 aromatic rings. The fourth-order valence-corrected chi connectivity index (χ4v) is 3.57. The molecule has 5 rings (SSSR count). The molecule has 2 aromatic heterocycles. The summed E-state index contributed by atoms with van der Waals surface area (Å²) < 4.78 is 7.25. The van der Waals surface area contributed by atoms with Crippen molar-refractivity contribution in [3.8, 4) is 0 Å². The molecule has 4 N–H and O–H groups in total. The van der Waals surface area contributed by atoms with E-state index in [9.17, 15) is 15.0 Å². The van der Waals surface area contributed by atoms with Gasteiger partial charge in [-0.3, -0.25) is 9.36 Å². The second kappa shape index (κ2) is 7.63. The van der Waals surface area contributed by atoms with E-state index < -0.39 is 30.4 Å². The fourth-order valence-electron chi connectivity index (χ4n) is 3.57. The second-order valence-corrected chi connectivity index (χ2v) is 7.60. The van der Waals surface area contributed by atoms with Gasteiger partial charge in [0.1, 0.15) is 18.5 Å². The lowest BCUT2D eigenvalue weighted by atomic mass is 10.1. The number of amides is 1. The van der Waals surface area contributed by atoms with Crippen LogP contribution in [-0.4, -0.2) is 60.0 Å². The van der Waals surface area contributed by atoms with E-state index in [1.165, 1.54) is 17.2 Å². The van der Waals surface area contributed by atoms with Crippen LogP contribution in [0.1, 0.15) is 24.6 Å². The molecule has 0 spiro atoms. The molecule has 30 heavy (non-hydrogen) atoms. The number of carbonyl (C=O) groups excluding carboxylic acids is 1. The first-order valence-electron chi connectivity index (χ1n) is 9.89. The maximum Gasteiger partial charge on any atom is 0.252 e. The smallest absolute Gasteiger partial charge is 0.252 e. The minimum atomic E-state index is -1.34. The summed E-state index contributed by atoms with van der Waals surface area (Å²) in [6.45, 7) is 0.560. The number of anilines is 1. The van der Waals surface area contributed by atoms with Crippen LogP contribution in [0.5, 0.6) is 0 Å². The summed E-state index contributed by atoms with van der Waals surface area (Å²) in [6, 6.07) is 10.0. The zero-order valence-electron chi connectivity index (χ0n) is 16.0. The van der Waals surface area contributed by atoms with Gasteiger partial charge in [0.15, 0.2) is 29.3 Å². The van der Waals surface area contributed by atoms with E-state index in [0.717, 1.165) is 18.4 Å². The molecular formula is C20H22N6O4. The maximum absolute atomic E-state index is 12.3. The van der Waals surface area contributed by atoms with Gasteiger partial charge >= 0.3 is 0 Å². The summed E-state index contributed by atoms with van der Waals surface area (Å²) in [5.74, 6) is 0.120. The van der Waals surface area contributed by atoms with Crippen LogP contribution in [0.25, 0.3) is 11.2 Å². The van der Waals surface area contributed by atoms with E-state index in [4.69, 9.17) is 4.74 Å². The SMILES string of the molecule is O=C(NC1CC1)[C@H]1O[C@@H](n2cnc3c(NCc4ccccc4)ncnc32)[C@H](O)[C@@H]1O. The van der Waals surface area contributed by atoms with E-state index in [-0.39, 0.29) is 6.04 Å². The number of carbonyl (C=O) groups is 1. The average Bonchev–Trinajstić information content (AvgIpc) is 3.40. The van der Waals surface area contributed by atoms with Crippen LogP contribution in [0, 0.1) is 0 Å². The van der Waals surface area contributed by atoms with Crippen LogP contribution < -0.4 is 10.6 Å². The van der Waals surface area contributed by atoms with Crippen molar-refractivity contribution < 1.29 is 19.7 Å². The van der Waals surface area contributed by atoms with E-state index in [2.05, 4.69) is 25.6 Å². The van der Waals surface area contributed by atoms with Crippen LogP contribution in [0.3, 0.4) is 0 Å². The number of nitrogens with one attached hydrogen (secondary N) is 2. The summed E-state index contributed by atoms with van der Waals surface area (Å²) in [6.07, 6.45) is -0.0863. The van der Waals surface area contributed by atoms with Gasteiger partial charge in [0.25, 0.3) is 5.91 Å². The largest absolute Gasteiger partial charge is 0.387 e. The first-order chi connectivity index (χ1) is 14.6. The summed E-state index contributed by atoms with van der Waals surface area (Å²) in [4.78, 5) is 25.2. The van der Waals surface area contributed by atoms with Crippen LogP contribution in [0.2, 0.25) is 0 Å². The molecule has 3 heterocycles. The van der Waals surface area contributed by atoms with Crippen molar-refractivity contribution >= 4 is 22.9 Å². The van der Waals surface area contributed by atoms with Crippen LogP contribution in [0.4, 0.5) is 5.82 Å². The highest BCUT2D eigenvalue weighted by Crippen LogP contribution is 2.33. The zero-order valence-corrected chi connectivity index (χ0v) is 16.0. The monoisotopic (exact) mass is 410 g/mol. The van der Waals surface area contributed by atoms with Gasteiger partial charge in [0.2, 0.25) is 0 Å². The van der Waals surface area contributed by atoms with Crippen molar-refractivity contribution in [3.05, 3.63) is 48.5 Å². The van der Waals surface area contributed by atoms with Crippen LogP contribution >= 0.6 is 0 Å². The highest BCUT2D eigenvalue weighted by Gasteiger charge is 2.48. The highest BCUT2D eigenvalue weighted by molar-refractivity contribution is 5.83. The summed E-state index contributed by atoms with van der Waals surface area (Å²) in [5.41, 5.74) is 2.02. The molecule has 1 aliphatic heterocycles. The van der Waals surface area contributed by atoms with Crippen molar-refractivity contribution in [2.75, 3.05) is 5.32 Å². The molecule has 1 saturated heterocycles. The number of aliphatic hydroxyl groups excluding tert-OH is 2. The zero-order chi connectivity index (χ0) is 20.7. The Balaban J connectivity index is 1.37. The number of benzene rings is 1. The summed E-state index contributed by atoms with van der Waals surface area (Å²) in [5, 5.41) is 26.9. The number of nitrogens with zero attached hydrogens (tertiary/aromatic N) is 4. The van der Waals surface area contributed by atoms with Gasteiger partial charge in [-0.25, -0.2) is 15.0 Å². The Bertz CT molecular complexity index is 1050. The van der Waals surface area contributed by atoms with Gasteiger partial charge in [-0.15, -0.1) is 0 Å². The molecule has 4 atom stereocenters. The van der Waals surface area contributed by atoms with Crippen molar-refractivity contribution in [2.45, 2.75) is 50.0 Å². The molecule has 2 aliphatic rings. The van der Waals surface area contributed by atoms with Gasteiger partial charge in [0.05, 0.1) is 6.33 Å². The lowest BCUT2D eigenvalue weighted by Gasteiger charge is -2.16. The predicted molar refractivity (Wildman–Crippen MR) is 106 cm³/mol. The van der Waals surface area contributed by atoms with Gasteiger partial charge in [0, 0.05) is 12.6 Å². The number of aliphatic hydroxyl groups is 2. The molecule has 10 heteroatoms. The van der Waals surface area contributed by atoms with E-state index in [0.29, 0.717) is 23.5 Å². The normalized spacial score (nSPS) is 26.1. The van der Waals surface area contributed by atoms with E-state index in [1.807, 2.05) is 30.3 Å². The van der Waals surface area contributed by atoms with Crippen molar-refractivity contribution in [3.63, 3.8) is 0 Å². The number of imidazole rings is 1. The number of rotatable bonds is 6. The molecule has 10 nitrogen and oxygen atoms in total. The number of hydrogen-bond acceptors (Lipinski definition) is 8. The van der Waals surface area contributed by atoms with Crippen molar-refractivity contribution in [1.82, 2.24) is 24.8 Å². The molecule has 156 valence electrons. The predicted octanol–water partition coefficient (Wildman–Crippen LogP) is 0.336. The minimum Gasteiger partial charge on any atom is -0.387 e. The number of fused-ring (bicyclic) bond motifs is 1. The Hall–Kier alpha value is -3.08. The Kier molecular flexibility index (Phi) is 4.81. The van der Waals surface area contributed by atoms with E-state index >= 15 is 0 Å². The van der Waals surface area contributed by atoms with Gasteiger partial charge in [-0.05, 0) is 18.4 Å². The fraction of sp³-hybridized carbons (Fsp3) is 0.400. The number of aromatic nitrogens is 4. The van der Waals surface area contributed by atoms with Crippen LogP contribution in [0.15, 0.2) is 43.0 Å². The molecule has 2 fully saturated rings. The molecule has 1 saturated carbocycles. The lowest BCUT2D eigenvalue weighted by Crippen LogP contribution is -2.43. The van der Waals surface area contributed by atoms with Crippen LogP contribution in [-0.2, 0) is 16.1 Å². The quantitative estimate of drug-likeness (QED) is 0.457. The third kappa shape index (κ3) is 3.49. The first-order valence-corrected chi connectivity index (χ1v) is 9.89. The molecule has 0 unspecified atom stereocenters. The van der Waals surface area contributed by atoms with E-state index in [1.54, 1.807) is 0 Å². The molecule has 0 radical (unpaired) electrons. The number of ether oxygens (including phenoxy) is 1. The van der Waals surface area contributed by atoms with Crippen molar-refractivity contribution in [1.29, 1.82) is 0 Å². The summed E-state index contributed by atoms with van der Waals surface area (Å²) >= 11 is 0. The maximum atomic E-state index is 12.3. The lowest BCUT2D eigenvalue weighted by molar-refractivity contribution is -0.137. The average molecular weight is 410 g/mol. The second-order valence-electron chi connectivity index (χ2n) is 7.60. The van der Waals surface area contributed by atoms with Crippen molar-refractivity contribution in [2.24, 2.45) is 0 Å². The molecule has 1 amide bonds. The molecule has 0 bridgehead atoms. The standard InChI is InChI=1S/C20H22N6O4/c27-14-15(28)20(30-16(14)19(29)25-12-6-7-12)26-10-24-13-17(22-9-23-18(13)26)21-8-11-4-2-1-3-5-11/h1-5,9-10,12,14-16,20,27-28H,6-8H2,(H,25,29)(H,21,22,23)/t14-,15+,16-,20+/m0/s1. The first kappa shape index (κ1) is 18.9. The Labute approximate surface area is 171 Å². The van der Waals surface area contributed by atoms with Gasteiger partial charge in [-0.2, -0.15) is 0 Å². The highest BCUT2D eigenvalue weighted by atomic mass is 16.6. The Morgan fingerprint density at radius 3 is 2.70 bits per heavy atom. The summed E-state index contributed by atoms with van der Waals surface area (Å²) in [7, 11) is 0. The molecule has 1 aliphatic carbocycles. The molecular weight excluding hydrogens is 388 g/mol. The number of hydrogen-bond donors (Lipinski definition) is 4. The topological polar surface area (TPSA) is 134 Å². The van der Waals surface area contributed by atoms with Gasteiger partial charge < -0.3 is 25.6 Å².